The first-order valence-corrected chi connectivity index (χ1v) is 12.1. The van der Waals surface area contributed by atoms with Crippen LogP contribution >= 0.6 is 0 Å². The van der Waals surface area contributed by atoms with E-state index in [1.807, 2.05) is 0 Å². The van der Waals surface area contributed by atoms with Crippen molar-refractivity contribution in [1.82, 2.24) is 20.2 Å². The molecular weight excluding hydrogens is 473 g/mol. The third kappa shape index (κ3) is 4.45. The first-order valence-electron chi connectivity index (χ1n) is 12.1. The van der Waals surface area contributed by atoms with Crippen molar-refractivity contribution in [2.75, 3.05) is 6.54 Å². The number of nitrogens with zero attached hydrogens (tertiary/aromatic N) is 1. The zero-order valence-corrected chi connectivity index (χ0v) is 19.7. The van der Waals surface area contributed by atoms with Gasteiger partial charge in [-0.15, -0.1) is 0 Å². The number of carbonyl (C=O) groups is 1. The SMILES string of the molecule is C[C@@H](NC(=O)[C@H](CC12CCC(CC1)NC2)n1c(=O)[nH]c2ccc(F)cc2c1=O)c1ccc(F)cc1F. The number of piperidine rings is 2. The van der Waals surface area contributed by atoms with Gasteiger partial charge in [-0.2, -0.15) is 0 Å². The Labute approximate surface area is 204 Å². The number of H-pyrrole nitrogens is 1. The highest BCUT2D eigenvalue weighted by molar-refractivity contribution is 5.82. The number of hydrogen-bond acceptors (Lipinski definition) is 4. The number of benzene rings is 2. The molecule has 36 heavy (non-hydrogen) atoms. The van der Waals surface area contributed by atoms with Crippen LogP contribution in [0, 0.1) is 22.9 Å². The van der Waals surface area contributed by atoms with Crippen molar-refractivity contribution in [2.24, 2.45) is 5.41 Å². The number of hydrogen-bond donors (Lipinski definition) is 3. The number of aromatic amines is 1. The molecule has 2 saturated heterocycles. The quantitative estimate of drug-likeness (QED) is 0.483. The summed E-state index contributed by atoms with van der Waals surface area (Å²) in [5.41, 5.74) is -1.62. The molecule has 7 nitrogen and oxygen atoms in total. The van der Waals surface area contributed by atoms with Gasteiger partial charge in [-0.1, -0.05) is 6.07 Å². The van der Waals surface area contributed by atoms with Gasteiger partial charge >= 0.3 is 5.69 Å². The number of amides is 1. The molecule has 3 heterocycles. The minimum absolute atomic E-state index is 0.0481. The average Bonchev–Trinajstić information content (AvgIpc) is 2.85. The van der Waals surface area contributed by atoms with Crippen molar-refractivity contribution in [2.45, 2.75) is 57.2 Å². The molecule has 1 saturated carbocycles. The van der Waals surface area contributed by atoms with E-state index in [0.29, 0.717) is 12.6 Å². The summed E-state index contributed by atoms with van der Waals surface area (Å²) in [6, 6.07) is 4.89. The van der Waals surface area contributed by atoms with Gasteiger partial charge in [0.15, 0.2) is 0 Å². The van der Waals surface area contributed by atoms with E-state index < -0.39 is 46.7 Å². The topological polar surface area (TPSA) is 96.0 Å². The van der Waals surface area contributed by atoms with Gasteiger partial charge in [-0.05, 0) is 68.7 Å². The molecule has 2 atom stereocenters. The molecule has 2 bridgehead atoms. The molecule has 3 N–H and O–H groups in total. The van der Waals surface area contributed by atoms with Gasteiger partial charge in [0.25, 0.3) is 5.56 Å². The Morgan fingerprint density at radius 2 is 1.81 bits per heavy atom. The number of halogens is 3. The van der Waals surface area contributed by atoms with E-state index in [2.05, 4.69) is 15.6 Å². The van der Waals surface area contributed by atoms with Crippen LogP contribution in [0.1, 0.15) is 56.7 Å². The largest absolute Gasteiger partial charge is 0.348 e. The summed E-state index contributed by atoms with van der Waals surface area (Å²) >= 11 is 0. The summed E-state index contributed by atoms with van der Waals surface area (Å²) in [4.78, 5) is 42.7. The summed E-state index contributed by atoms with van der Waals surface area (Å²) < 4.78 is 42.5. The van der Waals surface area contributed by atoms with E-state index in [9.17, 15) is 27.6 Å². The molecule has 2 aliphatic heterocycles. The van der Waals surface area contributed by atoms with Crippen molar-refractivity contribution in [3.63, 3.8) is 0 Å². The van der Waals surface area contributed by atoms with Crippen LogP contribution in [0.3, 0.4) is 0 Å². The maximum absolute atomic E-state index is 14.4. The number of carbonyl (C=O) groups excluding carboxylic acids is 1. The Morgan fingerprint density at radius 1 is 1.11 bits per heavy atom. The van der Waals surface area contributed by atoms with E-state index in [4.69, 9.17) is 0 Å². The van der Waals surface area contributed by atoms with Crippen LogP contribution in [0.15, 0.2) is 46.0 Å². The summed E-state index contributed by atoms with van der Waals surface area (Å²) in [7, 11) is 0. The van der Waals surface area contributed by atoms with Gasteiger partial charge in [0.1, 0.15) is 23.5 Å². The van der Waals surface area contributed by atoms with Gasteiger partial charge in [-0.25, -0.2) is 22.5 Å². The highest BCUT2D eigenvalue weighted by atomic mass is 19.1. The van der Waals surface area contributed by atoms with Gasteiger partial charge in [0.2, 0.25) is 5.91 Å². The van der Waals surface area contributed by atoms with Crippen molar-refractivity contribution in [1.29, 1.82) is 0 Å². The summed E-state index contributed by atoms with van der Waals surface area (Å²) in [5.74, 6) is -2.85. The van der Waals surface area contributed by atoms with Crippen LogP contribution < -0.4 is 21.9 Å². The maximum atomic E-state index is 14.4. The lowest BCUT2D eigenvalue weighted by Crippen LogP contribution is -2.54. The number of nitrogens with one attached hydrogen (secondary N) is 3. The van der Waals surface area contributed by atoms with Crippen LogP contribution in [0.4, 0.5) is 13.2 Å². The second kappa shape index (κ2) is 9.24. The average molecular weight is 501 g/mol. The van der Waals surface area contributed by atoms with Gasteiger partial charge in [0.05, 0.1) is 16.9 Å². The molecular formula is C26H27F3N4O3. The van der Waals surface area contributed by atoms with Crippen molar-refractivity contribution < 1.29 is 18.0 Å². The fourth-order valence-electron chi connectivity index (χ4n) is 5.68. The normalized spacial score (nSPS) is 22.9. The molecule has 3 fully saturated rings. The lowest BCUT2D eigenvalue weighted by atomic mass is 9.65. The van der Waals surface area contributed by atoms with Crippen molar-refractivity contribution >= 4 is 16.8 Å². The molecule has 2 aromatic carbocycles. The zero-order valence-electron chi connectivity index (χ0n) is 19.7. The van der Waals surface area contributed by atoms with Crippen molar-refractivity contribution in [3.05, 3.63) is 80.3 Å². The molecule has 10 heteroatoms. The van der Waals surface area contributed by atoms with E-state index >= 15 is 0 Å². The van der Waals surface area contributed by atoms with Crippen molar-refractivity contribution in [3.8, 4) is 0 Å². The summed E-state index contributed by atoms with van der Waals surface area (Å²) in [6.45, 7) is 2.19. The smallest absolute Gasteiger partial charge is 0.329 e. The van der Waals surface area contributed by atoms with Gasteiger partial charge < -0.3 is 15.6 Å². The molecule has 1 amide bonds. The Kier molecular flexibility index (Phi) is 6.23. The molecule has 3 aliphatic rings. The third-order valence-corrected chi connectivity index (χ3v) is 7.73. The van der Waals surface area contributed by atoms with E-state index in [-0.39, 0.29) is 28.3 Å². The molecule has 0 spiro atoms. The molecule has 0 unspecified atom stereocenters. The number of aromatic nitrogens is 2. The molecule has 6 rings (SSSR count). The van der Waals surface area contributed by atoms with Crippen LogP contribution in [0.25, 0.3) is 10.9 Å². The highest BCUT2D eigenvalue weighted by Gasteiger charge is 2.44. The predicted molar refractivity (Wildman–Crippen MR) is 128 cm³/mol. The lowest BCUT2D eigenvalue weighted by molar-refractivity contribution is -0.126. The Balaban J connectivity index is 1.55. The lowest BCUT2D eigenvalue weighted by Gasteiger charge is -2.48. The highest BCUT2D eigenvalue weighted by Crippen LogP contribution is 2.45. The molecule has 3 aromatic rings. The third-order valence-electron chi connectivity index (χ3n) is 7.73. The van der Waals surface area contributed by atoms with E-state index in [0.717, 1.165) is 54.5 Å². The Bertz CT molecular complexity index is 1430. The van der Waals surface area contributed by atoms with E-state index in [1.165, 1.54) is 12.1 Å². The molecule has 0 radical (unpaired) electrons. The zero-order chi connectivity index (χ0) is 25.6. The first-order chi connectivity index (χ1) is 17.2. The van der Waals surface area contributed by atoms with Crippen LogP contribution in [0.5, 0.6) is 0 Å². The standard InChI is InChI=1S/C26H27F3N4O3/c1-14(18-4-2-16(28)11-20(18)29)31-23(34)22(12-26-8-6-17(7-9-26)30-13-26)33-24(35)19-10-15(27)3-5-21(19)32-25(33)36/h2-5,10-11,14,17,22,30H,6-9,12-13H2,1H3,(H,31,34)(H,32,36)/t14-,17?,22+,26?/m1/s1. The van der Waals surface area contributed by atoms with Crippen LogP contribution in [0.2, 0.25) is 0 Å². The van der Waals surface area contributed by atoms with Crippen LogP contribution in [-0.4, -0.2) is 28.0 Å². The molecule has 1 aliphatic carbocycles. The molecule has 190 valence electrons. The van der Waals surface area contributed by atoms with Gasteiger partial charge in [0, 0.05) is 24.2 Å². The first kappa shape index (κ1) is 24.3. The Hall–Kier alpha value is -3.40. The minimum Gasteiger partial charge on any atom is -0.348 e. The number of rotatable bonds is 6. The Morgan fingerprint density at radius 3 is 2.47 bits per heavy atom. The fraction of sp³-hybridized carbons (Fsp3) is 0.423. The van der Waals surface area contributed by atoms with Crippen LogP contribution in [-0.2, 0) is 4.79 Å². The predicted octanol–water partition coefficient (Wildman–Crippen LogP) is 3.45. The molecule has 1 aromatic heterocycles. The monoisotopic (exact) mass is 500 g/mol. The number of fused-ring (bicyclic) bond motifs is 4. The summed E-state index contributed by atoms with van der Waals surface area (Å²) in [5, 5.41) is 6.12. The fourth-order valence-corrected chi connectivity index (χ4v) is 5.68. The summed E-state index contributed by atoms with van der Waals surface area (Å²) in [6.07, 6.45) is 3.75. The second-order valence-corrected chi connectivity index (χ2v) is 10.1. The van der Waals surface area contributed by atoms with E-state index in [1.54, 1.807) is 6.92 Å². The maximum Gasteiger partial charge on any atom is 0.329 e. The van der Waals surface area contributed by atoms with Gasteiger partial charge in [-0.3, -0.25) is 9.59 Å². The minimum atomic E-state index is -1.21. The second-order valence-electron chi connectivity index (χ2n) is 10.1.